The Bertz CT molecular complexity index is 415. The van der Waals surface area contributed by atoms with Gasteiger partial charge in [0.25, 0.3) is 0 Å². The zero-order valence-electron chi connectivity index (χ0n) is 7.93. The summed E-state index contributed by atoms with van der Waals surface area (Å²) >= 11 is -2.39. The fourth-order valence-electron chi connectivity index (χ4n) is 1.44. The highest BCUT2D eigenvalue weighted by Crippen LogP contribution is 2.34. The highest BCUT2D eigenvalue weighted by Gasteiger charge is 2.31. The Balaban J connectivity index is 2.28. The summed E-state index contributed by atoms with van der Waals surface area (Å²) in [5, 5.41) is 0. The molecule has 15 heavy (non-hydrogen) atoms. The topological polar surface area (TPSA) is 69.2 Å². The molecule has 4 nitrogen and oxygen atoms in total. The first-order chi connectivity index (χ1) is 7.18. The standard InChI is InChI=1S/C10H11NO3S/c12-10(7-5-6-7)8-3-1-2-4-9(8)11-15(13)14/h1-4,7,11H,5-6H2,(H,13,14)/p-1. The molecule has 0 amide bonds. The molecule has 1 aliphatic rings. The lowest BCUT2D eigenvalue weighted by molar-refractivity contribution is 0.0968. The van der Waals surface area contributed by atoms with Gasteiger partial charge in [0.05, 0.1) is 5.69 Å². The molecule has 0 spiro atoms. The normalized spacial score (nSPS) is 17.1. The molecule has 0 heterocycles. The Morgan fingerprint density at radius 1 is 1.40 bits per heavy atom. The van der Waals surface area contributed by atoms with Gasteiger partial charge in [-0.05, 0) is 25.0 Å². The number of carbonyl (C=O) groups excluding carboxylic acids is 1. The smallest absolute Gasteiger partial charge is 0.168 e. The first kappa shape index (κ1) is 10.3. The van der Waals surface area contributed by atoms with Crippen LogP contribution in [0.25, 0.3) is 0 Å². The van der Waals surface area contributed by atoms with Crippen LogP contribution in [0, 0.1) is 5.92 Å². The fourth-order valence-corrected chi connectivity index (χ4v) is 1.80. The van der Waals surface area contributed by atoms with Gasteiger partial charge in [-0.1, -0.05) is 12.1 Å². The third-order valence-corrected chi connectivity index (χ3v) is 2.72. The van der Waals surface area contributed by atoms with Crippen LogP contribution in [0.1, 0.15) is 23.2 Å². The first-order valence-corrected chi connectivity index (χ1v) is 5.75. The second-order valence-electron chi connectivity index (χ2n) is 3.52. The van der Waals surface area contributed by atoms with Gasteiger partial charge in [0, 0.05) is 22.7 Å². The Kier molecular flexibility index (Phi) is 2.83. The highest BCUT2D eigenvalue weighted by molar-refractivity contribution is 7.80. The van der Waals surface area contributed by atoms with Gasteiger partial charge in [0.15, 0.2) is 5.78 Å². The fraction of sp³-hybridized carbons (Fsp3) is 0.300. The number of ketones is 1. The minimum absolute atomic E-state index is 0.0311. The van der Waals surface area contributed by atoms with E-state index in [2.05, 4.69) is 4.72 Å². The number of rotatable bonds is 4. The summed E-state index contributed by atoms with van der Waals surface area (Å²) in [6.07, 6.45) is 1.82. The molecule has 1 unspecified atom stereocenters. The van der Waals surface area contributed by atoms with Crippen molar-refractivity contribution in [3.8, 4) is 0 Å². The van der Waals surface area contributed by atoms with Gasteiger partial charge in [-0.25, -0.2) is 0 Å². The molecule has 5 heteroatoms. The number of para-hydroxylation sites is 1. The molecule has 0 aliphatic heterocycles. The Labute approximate surface area is 90.1 Å². The van der Waals surface area contributed by atoms with Crippen LogP contribution in [0.2, 0.25) is 0 Å². The average Bonchev–Trinajstić information content (AvgIpc) is 3.00. The van der Waals surface area contributed by atoms with Gasteiger partial charge >= 0.3 is 0 Å². The molecule has 1 fully saturated rings. The van der Waals surface area contributed by atoms with E-state index in [-0.39, 0.29) is 11.7 Å². The molecule has 1 aromatic carbocycles. The molecule has 2 rings (SSSR count). The van der Waals surface area contributed by atoms with E-state index in [0.29, 0.717) is 11.3 Å². The van der Waals surface area contributed by atoms with Gasteiger partial charge in [-0.3, -0.25) is 9.00 Å². The lowest BCUT2D eigenvalue weighted by Crippen LogP contribution is -2.09. The second-order valence-corrected chi connectivity index (χ2v) is 4.19. The van der Waals surface area contributed by atoms with Gasteiger partial charge in [0.1, 0.15) is 0 Å². The van der Waals surface area contributed by atoms with Crippen LogP contribution in [-0.4, -0.2) is 14.5 Å². The predicted octanol–water partition coefficient (Wildman–Crippen LogP) is 1.49. The lowest BCUT2D eigenvalue weighted by atomic mass is 10.1. The van der Waals surface area contributed by atoms with Crippen molar-refractivity contribution in [1.29, 1.82) is 0 Å². The van der Waals surface area contributed by atoms with E-state index in [0.717, 1.165) is 12.8 Å². The van der Waals surface area contributed by atoms with Crippen LogP contribution in [0.3, 0.4) is 0 Å². The van der Waals surface area contributed by atoms with E-state index in [4.69, 9.17) is 0 Å². The van der Waals surface area contributed by atoms with E-state index < -0.39 is 11.3 Å². The van der Waals surface area contributed by atoms with Crippen LogP contribution in [0.4, 0.5) is 5.69 Å². The molecule has 1 aromatic rings. The molecule has 1 atom stereocenters. The van der Waals surface area contributed by atoms with E-state index in [1.165, 1.54) is 0 Å². The zero-order valence-corrected chi connectivity index (χ0v) is 8.75. The van der Waals surface area contributed by atoms with Crippen molar-refractivity contribution in [3.63, 3.8) is 0 Å². The monoisotopic (exact) mass is 224 g/mol. The molecule has 1 N–H and O–H groups in total. The van der Waals surface area contributed by atoms with E-state index >= 15 is 0 Å². The second kappa shape index (κ2) is 4.12. The average molecular weight is 224 g/mol. The quantitative estimate of drug-likeness (QED) is 0.622. The van der Waals surface area contributed by atoms with Crippen molar-refractivity contribution in [2.75, 3.05) is 4.72 Å². The van der Waals surface area contributed by atoms with Gasteiger partial charge < -0.3 is 9.27 Å². The number of anilines is 1. The number of carbonyl (C=O) groups is 1. The van der Waals surface area contributed by atoms with Crippen molar-refractivity contribution in [2.45, 2.75) is 12.8 Å². The Hall–Kier alpha value is -1.20. The van der Waals surface area contributed by atoms with Crippen molar-refractivity contribution in [2.24, 2.45) is 5.92 Å². The van der Waals surface area contributed by atoms with Crippen LogP contribution in [-0.2, 0) is 11.3 Å². The minimum Gasteiger partial charge on any atom is -0.755 e. The van der Waals surface area contributed by atoms with Crippen LogP contribution < -0.4 is 4.72 Å². The summed E-state index contributed by atoms with van der Waals surface area (Å²) in [6, 6.07) is 6.66. The van der Waals surface area contributed by atoms with Crippen molar-refractivity contribution in [1.82, 2.24) is 0 Å². The van der Waals surface area contributed by atoms with Crippen LogP contribution >= 0.6 is 0 Å². The molecule has 0 saturated heterocycles. The Morgan fingerprint density at radius 2 is 2.07 bits per heavy atom. The molecule has 0 aromatic heterocycles. The van der Waals surface area contributed by atoms with Crippen LogP contribution in [0.5, 0.6) is 0 Å². The molecule has 80 valence electrons. The molecular weight excluding hydrogens is 214 g/mol. The maximum absolute atomic E-state index is 11.8. The largest absolute Gasteiger partial charge is 0.755 e. The van der Waals surface area contributed by atoms with Gasteiger partial charge in [-0.15, -0.1) is 0 Å². The summed E-state index contributed by atoms with van der Waals surface area (Å²) in [6.45, 7) is 0. The molecule has 0 bridgehead atoms. The first-order valence-electron chi connectivity index (χ1n) is 4.67. The molecular formula is C10H10NO3S-. The maximum atomic E-state index is 11.8. The number of Topliss-reactive ketones (excluding diaryl/α,β-unsaturated/α-hetero) is 1. The van der Waals surface area contributed by atoms with Gasteiger partial charge in [0.2, 0.25) is 0 Å². The molecule has 1 saturated carbocycles. The molecule has 0 radical (unpaired) electrons. The summed E-state index contributed by atoms with van der Waals surface area (Å²) in [5.74, 6) is 0.122. The van der Waals surface area contributed by atoms with Crippen molar-refractivity contribution >= 4 is 22.7 Å². The number of benzene rings is 1. The van der Waals surface area contributed by atoms with Crippen LogP contribution in [0.15, 0.2) is 24.3 Å². The molecule has 1 aliphatic carbocycles. The maximum Gasteiger partial charge on any atom is 0.168 e. The lowest BCUT2D eigenvalue weighted by Gasteiger charge is -2.12. The predicted molar refractivity (Wildman–Crippen MR) is 56.0 cm³/mol. The number of hydrogen-bond acceptors (Lipinski definition) is 3. The number of nitrogens with one attached hydrogen (secondary N) is 1. The van der Waals surface area contributed by atoms with E-state index in [9.17, 15) is 13.6 Å². The summed E-state index contributed by atoms with van der Waals surface area (Å²) in [7, 11) is 0. The SMILES string of the molecule is O=C(c1ccccc1NS(=O)[O-])C1CC1. The third kappa shape index (κ3) is 2.43. The summed E-state index contributed by atoms with van der Waals surface area (Å²) < 4.78 is 23.2. The zero-order chi connectivity index (χ0) is 10.8. The van der Waals surface area contributed by atoms with Gasteiger partial charge in [-0.2, -0.15) is 0 Å². The van der Waals surface area contributed by atoms with Crippen molar-refractivity contribution < 1.29 is 13.6 Å². The number of hydrogen-bond donors (Lipinski definition) is 1. The highest BCUT2D eigenvalue weighted by atomic mass is 32.2. The van der Waals surface area contributed by atoms with E-state index in [1.54, 1.807) is 24.3 Å². The Morgan fingerprint density at radius 3 is 2.67 bits per heavy atom. The van der Waals surface area contributed by atoms with Crippen molar-refractivity contribution in [3.05, 3.63) is 29.8 Å². The minimum atomic E-state index is -2.39. The summed E-state index contributed by atoms with van der Waals surface area (Å²) in [5.41, 5.74) is 0.826. The summed E-state index contributed by atoms with van der Waals surface area (Å²) in [4.78, 5) is 11.8. The van der Waals surface area contributed by atoms with E-state index in [1.807, 2.05) is 0 Å². The third-order valence-electron chi connectivity index (χ3n) is 2.33.